The van der Waals surface area contributed by atoms with Crippen molar-refractivity contribution in [1.82, 2.24) is 5.32 Å². The summed E-state index contributed by atoms with van der Waals surface area (Å²) in [5.41, 5.74) is 3.14. The van der Waals surface area contributed by atoms with E-state index < -0.39 is 28.5 Å². The molecule has 0 heterocycles. The summed E-state index contributed by atoms with van der Waals surface area (Å²) in [5, 5.41) is 3.07. The summed E-state index contributed by atoms with van der Waals surface area (Å²) < 4.78 is 33.9. The summed E-state index contributed by atoms with van der Waals surface area (Å²) in [4.78, 5) is 13.6. The Balaban J connectivity index is 1.72. The molecule has 0 bridgehead atoms. The molecule has 1 atom stereocenters. The molecule has 0 aromatic heterocycles. The van der Waals surface area contributed by atoms with Crippen LogP contribution in [0.15, 0.2) is 114 Å². The fourth-order valence-corrected chi connectivity index (χ4v) is 5.54. The number of amides is 1. The monoisotopic (exact) mass is 500 g/mol. The molecule has 7 heteroatoms. The highest BCUT2D eigenvalue weighted by Gasteiger charge is 2.30. The first-order chi connectivity index (χ1) is 17.4. The highest BCUT2D eigenvalue weighted by Crippen LogP contribution is 2.32. The molecule has 1 N–H and O–H groups in total. The van der Waals surface area contributed by atoms with Crippen LogP contribution in [0, 0.1) is 6.92 Å². The molecular formula is C29H28N2O4S. The number of hydrogen-bond donors (Lipinski definition) is 1. The first-order valence-electron chi connectivity index (χ1n) is 11.5. The smallest absolute Gasteiger partial charge is 0.264 e. The minimum atomic E-state index is -4.06. The summed E-state index contributed by atoms with van der Waals surface area (Å²) in [7, 11) is -2.59. The summed E-state index contributed by atoms with van der Waals surface area (Å²) in [6.07, 6.45) is 0. The molecule has 0 aliphatic heterocycles. The van der Waals surface area contributed by atoms with E-state index in [-0.39, 0.29) is 10.6 Å². The number of methoxy groups -OCH3 is 1. The van der Waals surface area contributed by atoms with E-state index in [1.165, 1.54) is 19.2 Å². The first-order valence-corrected chi connectivity index (χ1v) is 13.0. The fourth-order valence-electron chi connectivity index (χ4n) is 4.09. The highest BCUT2D eigenvalue weighted by atomic mass is 32.2. The van der Waals surface area contributed by atoms with Gasteiger partial charge in [-0.3, -0.25) is 9.10 Å². The van der Waals surface area contributed by atoms with Gasteiger partial charge in [-0.1, -0.05) is 84.9 Å². The largest absolute Gasteiger partial charge is 0.495 e. The van der Waals surface area contributed by atoms with E-state index in [0.29, 0.717) is 5.75 Å². The molecule has 6 nitrogen and oxygen atoms in total. The standard InChI is InChI=1S/C29H28N2O4S/c1-22-13-9-10-18-25(22)29(23-14-5-3-6-15-23)30-28(32)21-31(26-19-11-12-20-27(26)35-2)36(33,34)24-16-7-4-8-17-24/h3-20,29H,21H2,1-2H3,(H,30,32)/t29-/m1/s1. The number of ether oxygens (including phenoxy) is 1. The molecule has 0 saturated carbocycles. The van der Waals surface area contributed by atoms with Crippen LogP contribution in [0.3, 0.4) is 0 Å². The minimum absolute atomic E-state index is 0.0854. The topological polar surface area (TPSA) is 75.7 Å². The van der Waals surface area contributed by atoms with Gasteiger partial charge in [0, 0.05) is 0 Å². The van der Waals surface area contributed by atoms with Crippen LogP contribution in [-0.2, 0) is 14.8 Å². The Labute approximate surface area is 212 Å². The van der Waals surface area contributed by atoms with Gasteiger partial charge in [0.15, 0.2) is 0 Å². The third-order valence-corrected chi connectivity index (χ3v) is 7.68. The third-order valence-electron chi connectivity index (χ3n) is 5.91. The zero-order valence-corrected chi connectivity index (χ0v) is 21.0. The Kier molecular flexibility index (Phi) is 7.71. The quantitative estimate of drug-likeness (QED) is 0.347. The Morgan fingerprint density at radius 2 is 1.42 bits per heavy atom. The Morgan fingerprint density at radius 1 is 0.833 bits per heavy atom. The fraction of sp³-hybridized carbons (Fsp3) is 0.138. The maximum Gasteiger partial charge on any atom is 0.264 e. The van der Waals surface area contributed by atoms with Crippen molar-refractivity contribution in [1.29, 1.82) is 0 Å². The number of rotatable bonds is 9. The maximum atomic E-state index is 13.7. The lowest BCUT2D eigenvalue weighted by Gasteiger charge is -2.27. The number of hydrogen-bond acceptors (Lipinski definition) is 4. The number of nitrogens with zero attached hydrogens (tertiary/aromatic N) is 1. The average Bonchev–Trinajstić information content (AvgIpc) is 2.92. The molecule has 0 fully saturated rings. The predicted octanol–water partition coefficient (Wildman–Crippen LogP) is 5.10. The molecule has 0 aliphatic rings. The second kappa shape index (κ2) is 11.1. The Morgan fingerprint density at radius 3 is 2.08 bits per heavy atom. The van der Waals surface area contributed by atoms with Crippen molar-refractivity contribution in [3.8, 4) is 5.75 Å². The van der Waals surface area contributed by atoms with Crippen LogP contribution in [0.5, 0.6) is 5.75 Å². The van der Waals surface area contributed by atoms with Gasteiger partial charge in [0.05, 0.1) is 23.7 Å². The van der Waals surface area contributed by atoms with Crippen molar-refractivity contribution in [2.45, 2.75) is 17.9 Å². The van der Waals surface area contributed by atoms with E-state index in [0.717, 1.165) is 21.0 Å². The molecule has 4 rings (SSSR count). The van der Waals surface area contributed by atoms with Crippen LogP contribution in [0.2, 0.25) is 0 Å². The van der Waals surface area contributed by atoms with Gasteiger partial charge in [-0.05, 0) is 47.9 Å². The van der Waals surface area contributed by atoms with Crippen LogP contribution in [0.4, 0.5) is 5.69 Å². The highest BCUT2D eigenvalue weighted by molar-refractivity contribution is 7.92. The normalized spacial score (nSPS) is 11.9. The van der Waals surface area contributed by atoms with Crippen LogP contribution in [0.25, 0.3) is 0 Å². The Hall–Kier alpha value is -4.10. The molecule has 184 valence electrons. The SMILES string of the molecule is COc1ccccc1N(CC(=O)N[C@H](c1ccccc1)c1ccccc1C)S(=O)(=O)c1ccccc1. The number of nitrogens with one attached hydrogen (secondary N) is 1. The molecule has 0 radical (unpaired) electrons. The lowest BCUT2D eigenvalue weighted by atomic mass is 9.95. The van der Waals surface area contributed by atoms with E-state index >= 15 is 0 Å². The van der Waals surface area contributed by atoms with E-state index in [4.69, 9.17) is 4.74 Å². The van der Waals surface area contributed by atoms with E-state index in [1.807, 2.05) is 61.5 Å². The predicted molar refractivity (Wildman–Crippen MR) is 142 cm³/mol. The van der Waals surface area contributed by atoms with Gasteiger partial charge >= 0.3 is 0 Å². The number of anilines is 1. The molecule has 36 heavy (non-hydrogen) atoms. The van der Waals surface area contributed by atoms with Gasteiger partial charge in [-0.25, -0.2) is 8.42 Å². The van der Waals surface area contributed by atoms with Gasteiger partial charge in [0.1, 0.15) is 12.3 Å². The summed E-state index contributed by atoms with van der Waals surface area (Å²) in [6.45, 7) is 1.56. The average molecular weight is 501 g/mol. The first kappa shape index (κ1) is 25.0. The van der Waals surface area contributed by atoms with E-state index in [9.17, 15) is 13.2 Å². The lowest BCUT2D eigenvalue weighted by Crippen LogP contribution is -2.42. The molecular weight excluding hydrogens is 472 g/mol. The van der Waals surface area contributed by atoms with Gasteiger partial charge in [0.25, 0.3) is 10.0 Å². The van der Waals surface area contributed by atoms with E-state index in [1.54, 1.807) is 42.5 Å². The second-order valence-electron chi connectivity index (χ2n) is 8.26. The molecule has 0 unspecified atom stereocenters. The van der Waals surface area contributed by atoms with Gasteiger partial charge in [0.2, 0.25) is 5.91 Å². The van der Waals surface area contributed by atoms with Crippen LogP contribution >= 0.6 is 0 Å². The molecule has 0 aliphatic carbocycles. The molecule has 1 amide bonds. The molecule has 0 saturated heterocycles. The lowest BCUT2D eigenvalue weighted by molar-refractivity contribution is -0.120. The van der Waals surface area contributed by atoms with Gasteiger partial charge < -0.3 is 10.1 Å². The van der Waals surface area contributed by atoms with Crippen molar-refractivity contribution in [3.05, 3.63) is 126 Å². The zero-order chi connectivity index (χ0) is 25.5. The Bertz CT molecular complexity index is 1420. The van der Waals surface area contributed by atoms with Crippen molar-refractivity contribution in [2.75, 3.05) is 18.0 Å². The molecule has 4 aromatic rings. The van der Waals surface area contributed by atoms with Crippen LogP contribution < -0.4 is 14.4 Å². The second-order valence-corrected chi connectivity index (χ2v) is 10.1. The summed E-state index contributed by atoms with van der Waals surface area (Å²) >= 11 is 0. The van der Waals surface area contributed by atoms with Crippen LogP contribution in [-0.4, -0.2) is 28.0 Å². The van der Waals surface area contributed by atoms with Crippen molar-refractivity contribution >= 4 is 21.6 Å². The van der Waals surface area contributed by atoms with Gasteiger partial charge in [-0.2, -0.15) is 0 Å². The number of aryl methyl sites for hydroxylation is 1. The van der Waals surface area contributed by atoms with Crippen molar-refractivity contribution < 1.29 is 17.9 Å². The van der Waals surface area contributed by atoms with E-state index in [2.05, 4.69) is 5.32 Å². The third kappa shape index (κ3) is 5.42. The van der Waals surface area contributed by atoms with Crippen molar-refractivity contribution in [2.24, 2.45) is 0 Å². The number of sulfonamides is 1. The number of carbonyl (C=O) groups excluding carboxylic acids is 1. The summed E-state index contributed by atoms with van der Waals surface area (Å²) in [5.74, 6) is -0.0964. The number of para-hydroxylation sites is 2. The summed E-state index contributed by atoms with van der Waals surface area (Å²) in [6, 6.07) is 31.8. The number of carbonyl (C=O) groups is 1. The van der Waals surface area contributed by atoms with Gasteiger partial charge in [-0.15, -0.1) is 0 Å². The molecule has 0 spiro atoms. The zero-order valence-electron chi connectivity index (χ0n) is 20.2. The maximum absolute atomic E-state index is 13.7. The van der Waals surface area contributed by atoms with Crippen LogP contribution in [0.1, 0.15) is 22.7 Å². The number of benzene rings is 4. The molecule has 4 aromatic carbocycles. The van der Waals surface area contributed by atoms with Crippen molar-refractivity contribution in [3.63, 3.8) is 0 Å². The minimum Gasteiger partial charge on any atom is -0.495 e.